The van der Waals surface area contributed by atoms with Crippen LogP contribution in [0.1, 0.15) is 12.5 Å². The maximum atomic E-state index is 14.4. The van der Waals surface area contributed by atoms with E-state index in [1.807, 2.05) is 0 Å². The highest BCUT2D eigenvalue weighted by Gasteiger charge is 2.41. The fourth-order valence-electron chi connectivity index (χ4n) is 2.60. The Bertz CT molecular complexity index is 834. The summed E-state index contributed by atoms with van der Waals surface area (Å²) in [6, 6.07) is 4.10. The van der Waals surface area contributed by atoms with E-state index in [1.54, 1.807) is 0 Å². The number of hydrogen-bond donors (Lipinski definition) is 1. The van der Waals surface area contributed by atoms with Crippen LogP contribution in [0.5, 0.6) is 0 Å². The summed E-state index contributed by atoms with van der Waals surface area (Å²) in [5.41, 5.74) is 4.97. The second-order valence-electron chi connectivity index (χ2n) is 5.38. The number of benzene rings is 1. The van der Waals surface area contributed by atoms with Crippen molar-refractivity contribution < 1.29 is 17.9 Å². The molecule has 0 saturated heterocycles. The minimum absolute atomic E-state index is 0.00958. The second kappa shape index (κ2) is 5.95. The van der Waals surface area contributed by atoms with Gasteiger partial charge in [-0.3, -0.25) is 0 Å². The van der Waals surface area contributed by atoms with Crippen molar-refractivity contribution in [1.29, 1.82) is 0 Å². The van der Waals surface area contributed by atoms with Crippen molar-refractivity contribution in [3.05, 3.63) is 60.1 Å². The molecule has 0 saturated carbocycles. The second-order valence-corrected chi connectivity index (χ2v) is 5.38. The van der Waals surface area contributed by atoms with Gasteiger partial charge < -0.3 is 10.5 Å². The molecule has 5 nitrogen and oxygen atoms in total. The van der Waals surface area contributed by atoms with E-state index in [0.717, 1.165) is 0 Å². The van der Waals surface area contributed by atoms with Gasteiger partial charge in [0.15, 0.2) is 11.3 Å². The Labute approximate surface area is 135 Å². The Morgan fingerprint density at radius 2 is 1.92 bits per heavy atom. The third-order valence-electron chi connectivity index (χ3n) is 3.73. The van der Waals surface area contributed by atoms with E-state index in [4.69, 9.17) is 10.5 Å². The molecule has 1 atom stereocenters. The molecule has 2 heterocycles. The van der Waals surface area contributed by atoms with Crippen molar-refractivity contribution in [3.63, 3.8) is 0 Å². The number of ether oxygens (including phenoxy) is 1. The number of aromatic nitrogens is 2. The third kappa shape index (κ3) is 2.70. The van der Waals surface area contributed by atoms with Crippen LogP contribution in [0.25, 0.3) is 11.1 Å². The minimum atomic E-state index is -2.07. The van der Waals surface area contributed by atoms with Crippen LogP contribution in [0, 0.1) is 5.82 Å². The zero-order chi connectivity index (χ0) is 17.3. The lowest BCUT2D eigenvalue weighted by molar-refractivity contribution is 0.158. The number of nitrogens with zero attached hydrogens (tertiary/aromatic N) is 3. The van der Waals surface area contributed by atoms with E-state index in [1.165, 1.54) is 43.8 Å². The summed E-state index contributed by atoms with van der Waals surface area (Å²) < 4.78 is 46.0. The molecule has 24 heavy (non-hydrogen) atoms. The number of rotatable bonds is 2. The number of halogens is 3. The van der Waals surface area contributed by atoms with Gasteiger partial charge in [-0.25, -0.2) is 19.4 Å². The third-order valence-corrected chi connectivity index (χ3v) is 3.73. The fourth-order valence-corrected chi connectivity index (χ4v) is 2.60. The van der Waals surface area contributed by atoms with Crippen molar-refractivity contribution in [1.82, 2.24) is 9.97 Å². The summed E-state index contributed by atoms with van der Waals surface area (Å²) in [6.07, 6.45) is 2.36. The minimum Gasteiger partial charge on any atom is -0.482 e. The largest absolute Gasteiger partial charge is 0.482 e. The molecule has 1 aromatic heterocycles. The highest BCUT2D eigenvalue weighted by atomic mass is 19.3. The van der Waals surface area contributed by atoms with Crippen molar-refractivity contribution in [2.45, 2.75) is 12.5 Å². The van der Waals surface area contributed by atoms with Gasteiger partial charge in [0.25, 0.3) is 0 Å². The number of nitrogens with two attached hydrogens (primary N) is 1. The topological polar surface area (TPSA) is 73.4 Å². The first kappa shape index (κ1) is 16.0. The fraction of sp³-hybridized carbons (Fsp3) is 0.188. The molecule has 1 aromatic carbocycles. The smallest absolute Gasteiger partial charge is 0.310 e. The van der Waals surface area contributed by atoms with E-state index in [-0.39, 0.29) is 18.0 Å². The molecule has 3 rings (SSSR count). The number of amidine groups is 1. The first-order valence-electron chi connectivity index (χ1n) is 7.00. The molecule has 0 fully saturated rings. The Hall–Kier alpha value is -2.90. The average Bonchev–Trinajstić information content (AvgIpc) is 2.55. The highest BCUT2D eigenvalue weighted by molar-refractivity contribution is 5.83. The van der Waals surface area contributed by atoms with Gasteiger partial charge in [0.1, 0.15) is 24.6 Å². The normalized spacial score (nSPS) is 20.3. The van der Waals surface area contributed by atoms with Gasteiger partial charge in [0, 0.05) is 23.5 Å². The lowest BCUT2D eigenvalue weighted by Crippen LogP contribution is -2.37. The van der Waals surface area contributed by atoms with Crippen molar-refractivity contribution in [2.75, 3.05) is 6.61 Å². The molecule has 0 spiro atoms. The predicted molar refractivity (Wildman–Crippen MR) is 81.6 cm³/mol. The molecule has 2 aromatic rings. The van der Waals surface area contributed by atoms with E-state index in [2.05, 4.69) is 15.0 Å². The first-order chi connectivity index (χ1) is 11.4. The lowest BCUT2D eigenvalue weighted by atomic mass is 9.87. The zero-order valence-electron chi connectivity index (χ0n) is 12.6. The molecule has 0 radical (unpaired) electrons. The molecular weight excluding hydrogens is 321 g/mol. The van der Waals surface area contributed by atoms with Crippen LogP contribution in [-0.4, -0.2) is 22.4 Å². The molecule has 8 heteroatoms. The summed E-state index contributed by atoms with van der Waals surface area (Å²) in [5.74, 6) is -1.40. The van der Waals surface area contributed by atoms with E-state index < -0.39 is 23.2 Å². The van der Waals surface area contributed by atoms with Crippen molar-refractivity contribution in [2.24, 2.45) is 10.7 Å². The van der Waals surface area contributed by atoms with Gasteiger partial charge >= 0.3 is 6.08 Å². The van der Waals surface area contributed by atoms with Crippen molar-refractivity contribution in [3.8, 4) is 11.1 Å². The predicted octanol–water partition coefficient (Wildman–Crippen LogP) is 2.99. The van der Waals surface area contributed by atoms with Crippen LogP contribution in [0.15, 0.2) is 53.8 Å². The maximum Gasteiger partial charge on any atom is 0.310 e. The summed E-state index contributed by atoms with van der Waals surface area (Å²) in [4.78, 5) is 11.8. The molecule has 1 aliphatic heterocycles. The van der Waals surface area contributed by atoms with Crippen LogP contribution in [0.3, 0.4) is 0 Å². The van der Waals surface area contributed by atoms with Crippen LogP contribution in [0.2, 0.25) is 0 Å². The van der Waals surface area contributed by atoms with Crippen LogP contribution >= 0.6 is 0 Å². The molecule has 2 N–H and O–H groups in total. The number of hydrogen-bond acceptors (Lipinski definition) is 5. The van der Waals surface area contributed by atoms with Gasteiger partial charge in [-0.15, -0.1) is 0 Å². The zero-order valence-corrected chi connectivity index (χ0v) is 12.6. The molecule has 0 aliphatic carbocycles. The molecule has 0 amide bonds. The van der Waals surface area contributed by atoms with Gasteiger partial charge in [-0.05, 0) is 24.6 Å². The maximum absolute atomic E-state index is 14.4. The monoisotopic (exact) mass is 334 g/mol. The van der Waals surface area contributed by atoms with E-state index in [0.29, 0.717) is 11.1 Å². The standard InChI is InChI=1S/C16H13F3N4O/c1-16(14(15(18)19)24-7-13(20)23-16)11-4-9(2-3-12(11)17)10-5-21-8-22-6-10/h2-6,8H,7H2,1H3,(H2,20,23). The quantitative estimate of drug-likeness (QED) is 0.916. The number of aliphatic imine (C=N–C) groups is 1. The van der Waals surface area contributed by atoms with Crippen LogP contribution in [-0.2, 0) is 10.3 Å². The van der Waals surface area contributed by atoms with Gasteiger partial charge in [-0.2, -0.15) is 8.78 Å². The Balaban J connectivity index is 2.20. The average molecular weight is 334 g/mol. The molecule has 1 aliphatic rings. The SMILES string of the molecule is CC1(c2cc(-c3cncnc3)ccc2F)N=C(N)COC1=C(F)F. The molecular formula is C16H13F3N4O. The lowest BCUT2D eigenvalue weighted by Gasteiger charge is -2.32. The van der Waals surface area contributed by atoms with Gasteiger partial charge in [0.05, 0.1) is 0 Å². The first-order valence-corrected chi connectivity index (χ1v) is 7.00. The van der Waals surface area contributed by atoms with Crippen LogP contribution < -0.4 is 5.73 Å². The van der Waals surface area contributed by atoms with Gasteiger partial charge in [0.2, 0.25) is 0 Å². The summed E-state index contributed by atoms with van der Waals surface area (Å²) >= 11 is 0. The highest BCUT2D eigenvalue weighted by Crippen LogP contribution is 2.41. The Morgan fingerprint density at radius 1 is 1.21 bits per heavy atom. The van der Waals surface area contributed by atoms with E-state index in [9.17, 15) is 13.2 Å². The molecule has 124 valence electrons. The summed E-state index contributed by atoms with van der Waals surface area (Å²) in [6.45, 7) is 1.06. The van der Waals surface area contributed by atoms with Crippen LogP contribution in [0.4, 0.5) is 13.2 Å². The van der Waals surface area contributed by atoms with E-state index >= 15 is 0 Å². The van der Waals surface area contributed by atoms with Gasteiger partial charge in [-0.1, -0.05) is 6.07 Å². The summed E-state index contributed by atoms with van der Waals surface area (Å²) in [7, 11) is 0. The summed E-state index contributed by atoms with van der Waals surface area (Å²) in [5, 5.41) is 0. The molecule has 1 unspecified atom stereocenters. The Morgan fingerprint density at radius 3 is 2.58 bits per heavy atom. The molecule has 0 bridgehead atoms. The van der Waals surface area contributed by atoms with Crippen molar-refractivity contribution >= 4 is 5.84 Å². The Kier molecular flexibility index (Phi) is 3.96.